The molecule has 1 aliphatic rings. The summed E-state index contributed by atoms with van der Waals surface area (Å²) in [6.07, 6.45) is 2.18. The van der Waals surface area contributed by atoms with E-state index in [9.17, 15) is 4.79 Å². The van der Waals surface area contributed by atoms with E-state index in [-0.39, 0.29) is 17.8 Å². The quantitative estimate of drug-likeness (QED) is 0.655. The highest BCUT2D eigenvalue weighted by Gasteiger charge is 2.17. The van der Waals surface area contributed by atoms with Crippen molar-refractivity contribution in [2.45, 2.75) is 18.9 Å². The fourth-order valence-electron chi connectivity index (χ4n) is 1.35. The maximum absolute atomic E-state index is 11.3. The number of ether oxygens (including phenoxy) is 1. The predicted octanol–water partition coefficient (Wildman–Crippen LogP) is -0.892. The van der Waals surface area contributed by atoms with Gasteiger partial charge in [0.2, 0.25) is 0 Å². The summed E-state index contributed by atoms with van der Waals surface area (Å²) in [5, 5.41) is 15.3. The minimum atomic E-state index is -0.325. The van der Waals surface area contributed by atoms with Gasteiger partial charge in [-0.2, -0.15) is 5.21 Å². The first-order valence-corrected chi connectivity index (χ1v) is 4.49. The van der Waals surface area contributed by atoms with Crippen LogP contribution in [0.15, 0.2) is 0 Å². The van der Waals surface area contributed by atoms with Gasteiger partial charge in [-0.05, 0) is 18.1 Å². The zero-order valence-electron chi connectivity index (χ0n) is 7.56. The Bertz CT molecular complexity index is 293. The van der Waals surface area contributed by atoms with E-state index in [2.05, 4.69) is 25.9 Å². The van der Waals surface area contributed by atoms with Crippen molar-refractivity contribution in [3.05, 3.63) is 5.82 Å². The average molecular weight is 197 g/mol. The van der Waals surface area contributed by atoms with Crippen LogP contribution in [0.1, 0.15) is 23.5 Å². The number of hydrogen-bond acceptors (Lipinski definition) is 5. The monoisotopic (exact) mass is 197 g/mol. The molecule has 1 aliphatic heterocycles. The van der Waals surface area contributed by atoms with Crippen LogP contribution in [0.4, 0.5) is 0 Å². The summed E-state index contributed by atoms with van der Waals surface area (Å²) >= 11 is 0. The molecule has 0 aromatic carbocycles. The van der Waals surface area contributed by atoms with Crippen molar-refractivity contribution in [2.75, 3.05) is 13.2 Å². The number of hydrogen-bond donors (Lipinski definition) is 2. The van der Waals surface area contributed by atoms with Gasteiger partial charge in [-0.1, -0.05) is 0 Å². The summed E-state index contributed by atoms with van der Waals surface area (Å²) < 4.78 is 5.34. The highest BCUT2D eigenvalue weighted by molar-refractivity contribution is 5.89. The van der Waals surface area contributed by atoms with E-state index < -0.39 is 0 Å². The summed E-state index contributed by atoms with van der Waals surface area (Å²) in [4.78, 5) is 11.3. The highest BCUT2D eigenvalue weighted by atomic mass is 16.5. The Kier molecular flexibility index (Phi) is 2.68. The van der Waals surface area contributed by atoms with E-state index >= 15 is 0 Å². The first-order valence-electron chi connectivity index (χ1n) is 4.49. The predicted molar refractivity (Wildman–Crippen MR) is 45.5 cm³/mol. The van der Waals surface area contributed by atoms with Crippen LogP contribution in [0.2, 0.25) is 0 Å². The smallest absolute Gasteiger partial charge is 0.292 e. The van der Waals surface area contributed by atoms with Crippen molar-refractivity contribution in [1.29, 1.82) is 0 Å². The van der Waals surface area contributed by atoms with Gasteiger partial charge >= 0.3 is 0 Å². The number of rotatable bonds is 3. The van der Waals surface area contributed by atoms with Crippen molar-refractivity contribution in [3.63, 3.8) is 0 Å². The van der Waals surface area contributed by atoms with E-state index in [0.717, 1.165) is 19.4 Å². The van der Waals surface area contributed by atoms with Gasteiger partial charge in [-0.25, -0.2) is 0 Å². The molecule has 1 unspecified atom stereocenters. The van der Waals surface area contributed by atoms with Crippen LogP contribution in [-0.2, 0) is 4.74 Å². The van der Waals surface area contributed by atoms with Gasteiger partial charge in [0.25, 0.3) is 11.7 Å². The Hall–Kier alpha value is -1.50. The third kappa shape index (κ3) is 2.05. The molecule has 0 bridgehead atoms. The molecule has 0 spiro atoms. The van der Waals surface area contributed by atoms with E-state index in [1.807, 2.05) is 0 Å². The summed E-state index contributed by atoms with van der Waals surface area (Å²) in [6.45, 7) is 1.29. The molecule has 2 N–H and O–H groups in total. The molecule has 2 heterocycles. The van der Waals surface area contributed by atoms with E-state index in [0.29, 0.717) is 6.54 Å². The maximum Gasteiger partial charge on any atom is 0.292 e. The third-order valence-corrected chi connectivity index (χ3v) is 2.06. The molecule has 0 radical (unpaired) electrons. The van der Waals surface area contributed by atoms with Crippen LogP contribution in [0.3, 0.4) is 0 Å². The van der Waals surface area contributed by atoms with Crippen molar-refractivity contribution >= 4 is 5.91 Å². The van der Waals surface area contributed by atoms with Crippen LogP contribution in [0.25, 0.3) is 0 Å². The molecule has 1 aromatic heterocycles. The summed E-state index contributed by atoms with van der Waals surface area (Å²) in [7, 11) is 0. The molecule has 7 heteroatoms. The molecular weight excluding hydrogens is 186 g/mol. The Labute approximate surface area is 80.2 Å². The molecule has 1 fully saturated rings. The SMILES string of the molecule is O=C(NCC1CCCO1)c1nn[nH]n1. The number of carbonyl (C=O) groups excluding carboxylic acids is 1. The van der Waals surface area contributed by atoms with Crippen LogP contribution >= 0.6 is 0 Å². The minimum Gasteiger partial charge on any atom is -0.376 e. The topological polar surface area (TPSA) is 92.8 Å². The van der Waals surface area contributed by atoms with Gasteiger partial charge in [0.15, 0.2) is 0 Å². The Morgan fingerprint density at radius 2 is 2.64 bits per heavy atom. The average Bonchev–Trinajstić information content (AvgIpc) is 2.87. The van der Waals surface area contributed by atoms with Crippen molar-refractivity contribution < 1.29 is 9.53 Å². The lowest BCUT2D eigenvalue weighted by Gasteiger charge is -2.08. The lowest BCUT2D eigenvalue weighted by molar-refractivity contribution is 0.0849. The second-order valence-electron chi connectivity index (χ2n) is 3.08. The molecule has 7 nitrogen and oxygen atoms in total. The molecule has 1 atom stereocenters. The van der Waals surface area contributed by atoms with Crippen LogP contribution in [0.5, 0.6) is 0 Å². The van der Waals surface area contributed by atoms with Gasteiger partial charge in [0.05, 0.1) is 6.10 Å². The molecule has 0 aliphatic carbocycles. The summed E-state index contributed by atoms with van der Waals surface area (Å²) in [5.41, 5.74) is 0. The molecule has 2 rings (SSSR count). The van der Waals surface area contributed by atoms with Gasteiger partial charge in [0, 0.05) is 13.2 Å². The van der Waals surface area contributed by atoms with E-state index in [4.69, 9.17) is 4.74 Å². The van der Waals surface area contributed by atoms with Crippen LogP contribution < -0.4 is 5.32 Å². The zero-order chi connectivity index (χ0) is 9.80. The molecule has 1 amide bonds. The Morgan fingerprint density at radius 3 is 3.29 bits per heavy atom. The fourth-order valence-corrected chi connectivity index (χ4v) is 1.35. The summed E-state index contributed by atoms with van der Waals surface area (Å²) in [5.74, 6) is -0.266. The normalized spacial score (nSPS) is 21.0. The molecule has 0 saturated carbocycles. The van der Waals surface area contributed by atoms with Crippen molar-refractivity contribution in [3.8, 4) is 0 Å². The third-order valence-electron chi connectivity index (χ3n) is 2.06. The van der Waals surface area contributed by atoms with Gasteiger partial charge in [-0.3, -0.25) is 4.79 Å². The standard InChI is InChI=1S/C7H11N5O2/c13-7(6-9-11-12-10-6)8-4-5-2-1-3-14-5/h5H,1-4H2,(H,8,13)(H,9,10,11,12). The number of tetrazole rings is 1. The van der Waals surface area contributed by atoms with Crippen LogP contribution in [-0.4, -0.2) is 45.8 Å². The molecule has 1 aromatic rings. The van der Waals surface area contributed by atoms with Gasteiger partial charge < -0.3 is 10.1 Å². The maximum atomic E-state index is 11.3. The second-order valence-corrected chi connectivity index (χ2v) is 3.08. The van der Waals surface area contributed by atoms with Crippen LogP contribution in [0, 0.1) is 0 Å². The fraction of sp³-hybridized carbons (Fsp3) is 0.714. The minimum absolute atomic E-state index is 0.0583. The molecule has 1 saturated heterocycles. The molecular formula is C7H11N5O2. The first kappa shape index (κ1) is 9.07. The van der Waals surface area contributed by atoms with E-state index in [1.165, 1.54) is 0 Å². The van der Waals surface area contributed by atoms with E-state index in [1.54, 1.807) is 0 Å². The number of nitrogens with zero attached hydrogens (tertiary/aromatic N) is 3. The molecule has 76 valence electrons. The molecule has 14 heavy (non-hydrogen) atoms. The van der Waals surface area contributed by atoms with Gasteiger partial charge in [0.1, 0.15) is 0 Å². The highest BCUT2D eigenvalue weighted by Crippen LogP contribution is 2.10. The Balaban J connectivity index is 1.78. The van der Waals surface area contributed by atoms with Crippen molar-refractivity contribution in [1.82, 2.24) is 25.9 Å². The van der Waals surface area contributed by atoms with Crippen molar-refractivity contribution in [2.24, 2.45) is 0 Å². The lowest BCUT2D eigenvalue weighted by Crippen LogP contribution is -2.32. The number of aromatic amines is 1. The number of nitrogens with one attached hydrogen (secondary N) is 2. The second kappa shape index (κ2) is 4.14. The first-order chi connectivity index (χ1) is 6.86. The number of amides is 1. The number of aromatic nitrogens is 4. The zero-order valence-corrected chi connectivity index (χ0v) is 7.56. The van der Waals surface area contributed by atoms with Gasteiger partial charge in [-0.15, -0.1) is 10.2 Å². The Morgan fingerprint density at radius 1 is 1.71 bits per heavy atom. The summed E-state index contributed by atoms with van der Waals surface area (Å²) in [6, 6.07) is 0. The number of H-pyrrole nitrogens is 1. The lowest BCUT2D eigenvalue weighted by atomic mass is 10.2. The number of carbonyl (C=O) groups is 1. The largest absolute Gasteiger partial charge is 0.376 e.